The van der Waals surface area contributed by atoms with Crippen LogP contribution in [-0.2, 0) is 16.6 Å². The van der Waals surface area contributed by atoms with Gasteiger partial charge in [-0.25, -0.2) is 8.42 Å². The van der Waals surface area contributed by atoms with Crippen LogP contribution in [0.1, 0.15) is 62.7 Å². The van der Waals surface area contributed by atoms with Gasteiger partial charge in [0.1, 0.15) is 5.56 Å². The second kappa shape index (κ2) is 8.74. The monoisotopic (exact) mass is 445 g/mol. The molecule has 2 aromatic rings. The van der Waals surface area contributed by atoms with Crippen molar-refractivity contribution in [3.05, 3.63) is 40.2 Å². The standard InChI is InChI=1S/C23H31N3O4S/c1-3-25-15-20(23(28)24-17-8-6-16(2)7-9-17)22(27)19-14-18(10-11-21(19)25)31(29,30)26-12-4-5-13-26/h10-11,14-17H,3-9,12-13H2,1-2H3,(H,24,28). The predicted octanol–water partition coefficient (Wildman–Crippen LogP) is 3.11. The smallest absolute Gasteiger partial charge is 0.256 e. The summed E-state index contributed by atoms with van der Waals surface area (Å²) in [6.45, 7) is 5.72. The third kappa shape index (κ3) is 4.28. The van der Waals surface area contributed by atoms with Crippen LogP contribution in [0.4, 0.5) is 0 Å². The van der Waals surface area contributed by atoms with Gasteiger partial charge in [0.05, 0.1) is 10.4 Å². The second-order valence-electron chi connectivity index (χ2n) is 8.88. The molecular weight excluding hydrogens is 414 g/mol. The van der Waals surface area contributed by atoms with Crippen molar-refractivity contribution in [2.24, 2.45) is 5.92 Å². The summed E-state index contributed by atoms with van der Waals surface area (Å²) in [5.41, 5.74) is 0.291. The highest BCUT2D eigenvalue weighted by molar-refractivity contribution is 7.89. The van der Waals surface area contributed by atoms with Crippen molar-refractivity contribution >= 4 is 26.8 Å². The average Bonchev–Trinajstić information content (AvgIpc) is 3.31. The van der Waals surface area contributed by atoms with E-state index in [1.54, 1.807) is 18.3 Å². The van der Waals surface area contributed by atoms with Crippen molar-refractivity contribution < 1.29 is 13.2 Å². The highest BCUT2D eigenvalue weighted by Gasteiger charge is 2.28. The Bertz CT molecular complexity index is 1140. The molecule has 2 aliphatic rings. The number of carbonyl (C=O) groups excluding carboxylic acids is 1. The van der Waals surface area contributed by atoms with E-state index in [2.05, 4.69) is 12.2 Å². The molecule has 0 bridgehead atoms. The van der Waals surface area contributed by atoms with Crippen LogP contribution in [0.15, 0.2) is 34.1 Å². The first-order valence-electron chi connectivity index (χ1n) is 11.3. The van der Waals surface area contributed by atoms with Crippen molar-refractivity contribution in [3.8, 4) is 0 Å². The van der Waals surface area contributed by atoms with Crippen LogP contribution in [0.3, 0.4) is 0 Å². The van der Waals surface area contributed by atoms with E-state index in [1.807, 2.05) is 11.5 Å². The minimum absolute atomic E-state index is 0.0729. The predicted molar refractivity (Wildman–Crippen MR) is 121 cm³/mol. The number of carbonyl (C=O) groups is 1. The van der Waals surface area contributed by atoms with Crippen molar-refractivity contribution in [2.45, 2.75) is 69.9 Å². The lowest BCUT2D eigenvalue weighted by Crippen LogP contribution is -2.39. The zero-order valence-electron chi connectivity index (χ0n) is 18.3. The molecule has 1 amide bonds. The summed E-state index contributed by atoms with van der Waals surface area (Å²) < 4.78 is 29.3. The largest absolute Gasteiger partial charge is 0.349 e. The fourth-order valence-corrected chi connectivity index (χ4v) is 6.25. The van der Waals surface area contributed by atoms with Gasteiger partial charge in [-0.15, -0.1) is 0 Å². The van der Waals surface area contributed by atoms with Crippen LogP contribution in [0, 0.1) is 5.92 Å². The van der Waals surface area contributed by atoms with Crippen LogP contribution >= 0.6 is 0 Å². The van der Waals surface area contributed by atoms with Crippen molar-refractivity contribution in [1.82, 2.24) is 14.2 Å². The van der Waals surface area contributed by atoms with Gasteiger partial charge in [-0.3, -0.25) is 9.59 Å². The Balaban J connectivity index is 1.72. The molecule has 1 saturated heterocycles. The number of aryl methyl sites for hydroxylation is 1. The van der Waals surface area contributed by atoms with Gasteiger partial charge in [-0.1, -0.05) is 6.92 Å². The van der Waals surface area contributed by atoms with Gasteiger partial charge in [-0.05, 0) is 69.6 Å². The summed E-state index contributed by atoms with van der Waals surface area (Å²) in [7, 11) is -3.64. The van der Waals surface area contributed by atoms with Gasteiger partial charge in [0.15, 0.2) is 0 Å². The molecule has 0 atom stereocenters. The van der Waals surface area contributed by atoms with Crippen LogP contribution in [0.25, 0.3) is 10.9 Å². The molecule has 2 fully saturated rings. The van der Waals surface area contributed by atoms with Gasteiger partial charge < -0.3 is 9.88 Å². The minimum Gasteiger partial charge on any atom is -0.349 e. The number of sulfonamides is 1. The van der Waals surface area contributed by atoms with E-state index >= 15 is 0 Å². The lowest BCUT2D eigenvalue weighted by molar-refractivity contribution is 0.0921. The maximum absolute atomic E-state index is 13.2. The van der Waals surface area contributed by atoms with Crippen molar-refractivity contribution in [3.63, 3.8) is 0 Å². The Morgan fingerprint density at radius 1 is 1.13 bits per heavy atom. The highest BCUT2D eigenvalue weighted by Crippen LogP contribution is 2.25. The summed E-state index contributed by atoms with van der Waals surface area (Å²) in [6, 6.07) is 4.75. The number of pyridine rings is 1. The third-order valence-corrected chi connectivity index (χ3v) is 8.59. The Hall–Kier alpha value is -2.19. The molecule has 168 valence electrons. The summed E-state index contributed by atoms with van der Waals surface area (Å²) in [5, 5.41) is 3.29. The quantitative estimate of drug-likeness (QED) is 0.766. The zero-order chi connectivity index (χ0) is 22.2. The van der Waals surface area contributed by atoms with Gasteiger partial charge in [0.2, 0.25) is 15.5 Å². The Labute approximate surface area is 183 Å². The van der Waals surface area contributed by atoms with Gasteiger partial charge in [0.25, 0.3) is 5.91 Å². The lowest BCUT2D eigenvalue weighted by Gasteiger charge is -2.27. The Morgan fingerprint density at radius 3 is 2.45 bits per heavy atom. The normalized spacial score (nSPS) is 22.6. The number of nitrogens with zero attached hydrogens (tertiary/aromatic N) is 2. The average molecular weight is 446 g/mol. The molecule has 1 N–H and O–H groups in total. The van der Waals surface area contributed by atoms with E-state index in [9.17, 15) is 18.0 Å². The molecule has 0 unspecified atom stereocenters. The van der Waals surface area contributed by atoms with Gasteiger partial charge >= 0.3 is 0 Å². The van der Waals surface area contributed by atoms with E-state index in [4.69, 9.17) is 0 Å². The molecule has 1 aromatic carbocycles. The molecular formula is C23H31N3O4S. The fourth-order valence-electron chi connectivity index (χ4n) is 4.71. The first kappa shape index (κ1) is 22.0. The van der Waals surface area contributed by atoms with E-state index in [1.165, 1.54) is 10.4 Å². The maximum Gasteiger partial charge on any atom is 0.256 e. The first-order chi connectivity index (χ1) is 14.8. The molecule has 8 heteroatoms. The number of nitrogens with one attached hydrogen (secondary N) is 1. The number of hydrogen-bond donors (Lipinski definition) is 1. The molecule has 31 heavy (non-hydrogen) atoms. The molecule has 1 aromatic heterocycles. The number of rotatable bonds is 5. The summed E-state index contributed by atoms with van der Waals surface area (Å²) in [5.74, 6) is 0.295. The number of hydrogen-bond acceptors (Lipinski definition) is 4. The summed E-state index contributed by atoms with van der Waals surface area (Å²) in [6.07, 6.45) is 7.26. The van der Waals surface area contributed by atoms with Crippen LogP contribution in [0.2, 0.25) is 0 Å². The SMILES string of the molecule is CCn1cc(C(=O)NC2CCC(C)CC2)c(=O)c2cc(S(=O)(=O)N3CCCC3)ccc21. The number of aromatic nitrogens is 1. The van der Waals surface area contributed by atoms with Gasteiger partial charge in [0, 0.05) is 37.3 Å². The molecule has 1 saturated carbocycles. The highest BCUT2D eigenvalue weighted by atomic mass is 32.2. The van der Waals surface area contributed by atoms with Crippen LogP contribution in [0.5, 0.6) is 0 Å². The van der Waals surface area contributed by atoms with E-state index in [0.29, 0.717) is 31.1 Å². The topological polar surface area (TPSA) is 88.5 Å². The van der Waals surface area contributed by atoms with Crippen molar-refractivity contribution in [2.75, 3.05) is 13.1 Å². The van der Waals surface area contributed by atoms with E-state index < -0.39 is 15.5 Å². The van der Waals surface area contributed by atoms with Crippen molar-refractivity contribution in [1.29, 1.82) is 0 Å². The van der Waals surface area contributed by atoms with Gasteiger partial charge in [-0.2, -0.15) is 4.31 Å². The minimum atomic E-state index is -3.64. The Morgan fingerprint density at radius 2 is 1.81 bits per heavy atom. The number of fused-ring (bicyclic) bond motifs is 1. The first-order valence-corrected chi connectivity index (χ1v) is 12.7. The zero-order valence-corrected chi connectivity index (χ0v) is 19.1. The molecule has 1 aliphatic heterocycles. The molecule has 0 radical (unpaired) electrons. The Kier molecular flexibility index (Phi) is 6.21. The molecule has 1 aliphatic carbocycles. The maximum atomic E-state index is 13.2. The number of benzene rings is 1. The van der Waals surface area contributed by atoms with Crippen LogP contribution in [-0.4, -0.2) is 42.3 Å². The molecule has 2 heterocycles. The van der Waals surface area contributed by atoms with E-state index in [-0.39, 0.29) is 27.8 Å². The van der Waals surface area contributed by atoms with Crippen LogP contribution < -0.4 is 10.7 Å². The fraction of sp³-hybridized carbons (Fsp3) is 0.565. The molecule has 0 spiro atoms. The summed E-state index contributed by atoms with van der Waals surface area (Å²) >= 11 is 0. The lowest BCUT2D eigenvalue weighted by atomic mass is 9.87. The second-order valence-corrected chi connectivity index (χ2v) is 10.8. The van der Waals surface area contributed by atoms with E-state index in [0.717, 1.165) is 38.5 Å². The molecule has 4 rings (SSSR count). The molecule has 7 nitrogen and oxygen atoms in total. The number of amides is 1. The summed E-state index contributed by atoms with van der Waals surface area (Å²) in [4.78, 5) is 26.3. The third-order valence-electron chi connectivity index (χ3n) is 6.69.